The molecule has 0 heterocycles. The number of aliphatic hydroxyl groups excluding tert-OH is 1. The topological polar surface area (TPSA) is 52.5 Å². The monoisotopic (exact) mass is 213 g/mol. The summed E-state index contributed by atoms with van der Waals surface area (Å²) in [5.74, 6) is -0.324. The van der Waals surface area contributed by atoms with Gasteiger partial charge in [0, 0.05) is 18.2 Å². The Labute approximate surface area is 88.6 Å². The van der Waals surface area contributed by atoms with Crippen molar-refractivity contribution in [3.63, 3.8) is 0 Å². The van der Waals surface area contributed by atoms with Gasteiger partial charge in [-0.3, -0.25) is 0 Å². The van der Waals surface area contributed by atoms with Gasteiger partial charge in [0.15, 0.2) is 0 Å². The highest BCUT2D eigenvalue weighted by Crippen LogP contribution is 2.24. The van der Waals surface area contributed by atoms with Crippen LogP contribution in [0.3, 0.4) is 0 Å². The molecule has 1 aromatic carbocycles. The van der Waals surface area contributed by atoms with Crippen LogP contribution < -0.4 is 5.32 Å². The van der Waals surface area contributed by atoms with Crippen molar-refractivity contribution >= 4 is 0 Å². The number of aliphatic hydroxyl groups is 1. The number of benzene rings is 1. The van der Waals surface area contributed by atoms with Gasteiger partial charge in [-0.05, 0) is 32.0 Å². The van der Waals surface area contributed by atoms with Crippen LogP contribution in [0.15, 0.2) is 18.2 Å². The standard InChI is InChI=1S/C11H16FNO2/c1-7(14)6-13-8(2)10-5-9(12)3-4-11(10)15/h3-5,7-8,13-15H,6H2,1-2H3/t7-,8+/m0/s1. The van der Waals surface area contributed by atoms with Crippen molar-refractivity contribution in [2.45, 2.75) is 26.0 Å². The number of aromatic hydroxyl groups is 1. The van der Waals surface area contributed by atoms with Gasteiger partial charge in [0.05, 0.1) is 6.10 Å². The minimum Gasteiger partial charge on any atom is -0.508 e. The first-order valence-electron chi connectivity index (χ1n) is 4.90. The normalized spacial score (nSPS) is 14.9. The molecule has 4 heteroatoms. The number of hydrogen-bond donors (Lipinski definition) is 3. The summed E-state index contributed by atoms with van der Waals surface area (Å²) in [6.07, 6.45) is -0.469. The van der Waals surface area contributed by atoms with E-state index in [9.17, 15) is 9.50 Å². The summed E-state index contributed by atoms with van der Waals surface area (Å²) in [6.45, 7) is 3.86. The summed E-state index contributed by atoms with van der Waals surface area (Å²) >= 11 is 0. The molecule has 0 spiro atoms. The fourth-order valence-electron chi connectivity index (χ4n) is 1.33. The second-order valence-electron chi connectivity index (χ2n) is 3.68. The predicted octanol–water partition coefficient (Wildman–Crippen LogP) is 1.56. The average Bonchev–Trinajstić information content (AvgIpc) is 2.18. The summed E-state index contributed by atoms with van der Waals surface area (Å²) in [5, 5.41) is 21.6. The van der Waals surface area contributed by atoms with E-state index in [0.717, 1.165) is 0 Å². The Morgan fingerprint density at radius 1 is 1.40 bits per heavy atom. The van der Waals surface area contributed by atoms with E-state index < -0.39 is 6.10 Å². The molecule has 3 N–H and O–H groups in total. The van der Waals surface area contributed by atoms with Gasteiger partial charge in [0.25, 0.3) is 0 Å². The highest BCUT2D eigenvalue weighted by molar-refractivity contribution is 5.34. The number of nitrogens with one attached hydrogen (secondary N) is 1. The van der Waals surface area contributed by atoms with Crippen molar-refractivity contribution in [2.75, 3.05) is 6.54 Å². The minimum absolute atomic E-state index is 0.0574. The third kappa shape index (κ3) is 3.49. The Morgan fingerprint density at radius 2 is 2.07 bits per heavy atom. The van der Waals surface area contributed by atoms with E-state index in [4.69, 9.17) is 5.11 Å². The molecule has 0 bridgehead atoms. The molecular formula is C11H16FNO2. The van der Waals surface area contributed by atoms with Gasteiger partial charge in [-0.2, -0.15) is 0 Å². The molecule has 2 atom stereocenters. The highest BCUT2D eigenvalue weighted by Gasteiger charge is 2.11. The van der Waals surface area contributed by atoms with Gasteiger partial charge in [0.2, 0.25) is 0 Å². The molecule has 0 unspecified atom stereocenters. The van der Waals surface area contributed by atoms with Crippen molar-refractivity contribution in [3.05, 3.63) is 29.6 Å². The first-order valence-corrected chi connectivity index (χ1v) is 4.90. The van der Waals surface area contributed by atoms with E-state index in [1.165, 1.54) is 18.2 Å². The molecule has 84 valence electrons. The second kappa shape index (κ2) is 5.09. The van der Waals surface area contributed by atoms with Crippen LogP contribution in [0, 0.1) is 5.82 Å². The van der Waals surface area contributed by atoms with E-state index in [0.29, 0.717) is 12.1 Å². The van der Waals surface area contributed by atoms with Crippen LogP contribution in [0.5, 0.6) is 5.75 Å². The molecule has 0 saturated carbocycles. The largest absolute Gasteiger partial charge is 0.508 e. The molecule has 3 nitrogen and oxygen atoms in total. The maximum absolute atomic E-state index is 12.9. The molecule has 0 aliphatic carbocycles. The quantitative estimate of drug-likeness (QED) is 0.711. The Balaban J connectivity index is 2.72. The molecule has 0 radical (unpaired) electrons. The second-order valence-corrected chi connectivity index (χ2v) is 3.68. The number of halogens is 1. The smallest absolute Gasteiger partial charge is 0.123 e. The first kappa shape index (κ1) is 11.9. The Hall–Kier alpha value is -1.13. The summed E-state index contributed by atoms with van der Waals surface area (Å²) in [7, 11) is 0. The fourth-order valence-corrected chi connectivity index (χ4v) is 1.33. The third-order valence-electron chi connectivity index (χ3n) is 2.18. The average molecular weight is 213 g/mol. The molecule has 0 fully saturated rings. The molecule has 0 aliphatic rings. The van der Waals surface area contributed by atoms with Gasteiger partial charge < -0.3 is 15.5 Å². The maximum atomic E-state index is 12.9. The van der Waals surface area contributed by atoms with E-state index in [1.54, 1.807) is 13.8 Å². The van der Waals surface area contributed by atoms with Crippen LogP contribution in [0.1, 0.15) is 25.5 Å². The van der Waals surface area contributed by atoms with Crippen LogP contribution in [-0.4, -0.2) is 22.9 Å². The molecule has 15 heavy (non-hydrogen) atoms. The maximum Gasteiger partial charge on any atom is 0.123 e. The fraction of sp³-hybridized carbons (Fsp3) is 0.455. The van der Waals surface area contributed by atoms with Crippen LogP contribution in [0.25, 0.3) is 0 Å². The first-order chi connectivity index (χ1) is 7.00. The predicted molar refractivity (Wildman–Crippen MR) is 56.2 cm³/mol. The summed E-state index contributed by atoms with van der Waals surface area (Å²) in [5.41, 5.74) is 0.496. The SMILES string of the molecule is C[C@H](O)CN[C@H](C)c1cc(F)ccc1O. The lowest BCUT2D eigenvalue weighted by atomic mass is 10.1. The number of phenols is 1. The molecule has 0 aromatic heterocycles. The lowest BCUT2D eigenvalue weighted by Gasteiger charge is -2.16. The number of rotatable bonds is 4. The number of phenolic OH excluding ortho intramolecular Hbond substituents is 1. The van der Waals surface area contributed by atoms with Crippen molar-refractivity contribution in [1.82, 2.24) is 5.32 Å². The molecule has 0 saturated heterocycles. The minimum atomic E-state index is -0.469. The summed E-state index contributed by atoms with van der Waals surface area (Å²) in [6, 6.07) is 3.62. The van der Waals surface area contributed by atoms with E-state index >= 15 is 0 Å². The van der Waals surface area contributed by atoms with Gasteiger partial charge >= 0.3 is 0 Å². The summed E-state index contributed by atoms with van der Waals surface area (Å²) in [4.78, 5) is 0. The van der Waals surface area contributed by atoms with Crippen molar-refractivity contribution in [1.29, 1.82) is 0 Å². The van der Waals surface area contributed by atoms with Crippen molar-refractivity contribution in [2.24, 2.45) is 0 Å². The number of hydrogen-bond acceptors (Lipinski definition) is 3. The van der Waals surface area contributed by atoms with Crippen LogP contribution in [0.2, 0.25) is 0 Å². The molecular weight excluding hydrogens is 197 g/mol. The molecule has 0 aliphatic heterocycles. The van der Waals surface area contributed by atoms with E-state index in [1.807, 2.05) is 0 Å². The third-order valence-corrected chi connectivity index (χ3v) is 2.18. The molecule has 1 rings (SSSR count). The zero-order valence-electron chi connectivity index (χ0n) is 8.87. The Morgan fingerprint density at radius 3 is 2.67 bits per heavy atom. The van der Waals surface area contributed by atoms with Gasteiger partial charge in [0.1, 0.15) is 11.6 Å². The van der Waals surface area contributed by atoms with Crippen LogP contribution in [0.4, 0.5) is 4.39 Å². The zero-order valence-corrected chi connectivity index (χ0v) is 8.87. The zero-order chi connectivity index (χ0) is 11.4. The van der Waals surface area contributed by atoms with Crippen LogP contribution in [-0.2, 0) is 0 Å². The highest BCUT2D eigenvalue weighted by atomic mass is 19.1. The van der Waals surface area contributed by atoms with Crippen molar-refractivity contribution < 1.29 is 14.6 Å². The van der Waals surface area contributed by atoms with E-state index in [2.05, 4.69) is 5.32 Å². The lowest BCUT2D eigenvalue weighted by molar-refractivity contribution is 0.187. The van der Waals surface area contributed by atoms with Gasteiger partial charge in [-0.25, -0.2) is 4.39 Å². The molecule has 0 amide bonds. The summed E-state index contributed by atoms with van der Waals surface area (Å²) < 4.78 is 12.9. The Bertz CT molecular complexity index is 328. The van der Waals surface area contributed by atoms with Crippen LogP contribution >= 0.6 is 0 Å². The van der Waals surface area contributed by atoms with E-state index in [-0.39, 0.29) is 17.6 Å². The van der Waals surface area contributed by atoms with Gasteiger partial charge in [-0.15, -0.1) is 0 Å². The lowest BCUT2D eigenvalue weighted by Crippen LogP contribution is -2.27. The van der Waals surface area contributed by atoms with Crippen molar-refractivity contribution in [3.8, 4) is 5.75 Å². The Kier molecular flexibility index (Phi) is 4.05. The molecule has 1 aromatic rings. The van der Waals surface area contributed by atoms with Gasteiger partial charge in [-0.1, -0.05) is 0 Å².